The molecule has 2 rings (SSSR count). The first-order chi connectivity index (χ1) is 9.99. The van der Waals surface area contributed by atoms with Gasteiger partial charge in [0.15, 0.2) is 0 Å². The van der Waals surface area contributed by atoms with Gasteiger partial charge < -0.3 is 5.32 Å². The third kappa shape index (κ3) is 3.83. The summed E-state index contributed by atoms with van der Waals surface area (Å²) in [6.07, 6.45) is 0. The van der Waals surface area contributed by atoms with Crippen LogP contribution in [0.5, 0.6) is 0 Å². The third-order valence-electron chi connectivity index (χ3n) is 2.89. The van der Waals surface area contributed by atoms with Gasteiger partial charge in [0.1, 0.15) is 11.6 Å². The second kappa shape index (κ2) is 6.73. The Morgan fingerprint density at radius 1 is 1.14 bits per heavy atom. The van der Waals surface area contributed by atoms with E-state index in [1.807, 2.05) is 0 Å². The summed E-state index contributed by atoms with van der Waals surface area (Å²) in [5, 5.41) is 13.7. The van der Waals surface area contributed by atoms with Crippen LogP contribution in [0, 0.1) is 21.7 Å². The lowest BCUT2D eigenvalue weighted by Gasteiger charge is -2.08. The first kappa shape index (κ1) is 15.5. The van der Waals surface area contributed by atoms with Crippen molar-refractivity contribution in [1.29, 1.82) is 0 Å². The molecule has 2 aromatic rings. The molecule has 0 aromatic heterocycles. The van der Waals surface area contributed by atoms with Gasteiger partial charge >= 0.3 is 0 Å². The van der Waals surface area contributed by atoms with Crippen LogP contribution in [0.25, 0.3) is 0 Å². The molecule has 0 radical (unpaired) electrons. The molecule has 0 aliphatic carbocycles. The van der Waals surface area contributed by atoms with E-state index in [1.165, 1.54) is 6.07 Å². The number of nitro benzene ring substituents is 1. The van der Waals surface area contributed by atoms with Gasteiger partial charge in [0.25, 0.3) is 5.69 Å². The minimum absolute atomic E-state index is 0.0359. The van der Waals surface area contributed by atoms with Crippen molar-refractivity contribution in [1.82, 2.24) is 5.32 Å². The number of halogens is 3. The zero-order valence-electron chi connectivity index (χ0n) is 10.8. The molecule has 1 N–H and O–H groups in total. The van der Waals surface area contributed by atoms with Crippen LogP contribution in [-0.2, 0) is 13.1 Å². The number of hydrogen-bond acceptors (Lipinski definition) is 3. The van der Waals surface area contributed by atoms with Crippen LogP contribution in [-0.4, -0.2) is 4.92 Å². The standard InChI is InChI=1S/C14H11BrF2N2O2/c15-14-9(2-1-3-13(14)19(20)21)7-18-8-10-6-11(16)4-5-12(10)17/h1-6,18H,7-8H2. The largest absolute Gasteiger partial charge is 0.308 e. The highest BCUT2D eigenvalue weighted by atomic mass is 79.9. The summed E-state index contributed by atoms with van der Waals surface area (Å²) in [6.45, 7) is 0.414. The molecule has 2 aromatic carbocycles. The van der Waals surface area contributed by atoms with E-state index in [4.69, 9.17) is 0 Å². The third-order valence-corrected chi connectivity index (χ3v) is 3.81. The molecule has 7 heteroatoms. The minimum atomic E-state index is -0.510. The van der Waals surface area contributed by atoms with Gasteiger partial charge in [0, 0.05) is 24.7 Å². The summed E-state index contributed by atoms with van der Waals surface area (Å²) in [4.78, 5) is 10.3. The quantitative estimate of drug-likeness (QED) is 0.652. The fourth-order valence-electron chi connectivity index (χ4n) is 1.85. The van der Waals surface area contributed by atoms with Crippen LogP contribution < -0.4 is 5.32 Å². The van der Waals surface area contributed by atoms with Crippen molar-refractivity contribution in [3.63, 3.8) is 0 Å². The molecule has 0 aliphatic rings. The lowest BCUT2D eigenvalue weighted by Crippen LogP contribution is -2.14. The molecular formula is C14H11BrF2N2O2. The highest BCUT2D eigenvalue weighted by Gasteiger charge is 2.14. The monoisotopic (exact) mass is 356 g/mol. The van der Waals surface area contributed by atoms with Gasteiger partial charge in [-0.1, -0.05) is 12.1 Å². The number of nitro groups is 1. The Balaban J connectivity index is 2.05. The second-order valence-electron chi connectivity index (χ2n) is 4.35. The van der Waals surface area contributed by atoms with E-state index in [0.29, 0.717) is 10.0 Å². The van der Waals surface area contributed by atoms with Crippen LogP contribution in [0.4, 0.5) is 14.5 Å². The second-order valence-corrected chi connectivity index (χ2v) is 5.14. The molecular weight excluding hydrogens is 346 g/mol. The molecule has 0 fully saturated rings. The molecule has 0 aliphatic heterocycles. The van der Waals surface area contributed by atoms with Crippen LogP contribution in [0.3, 0.4) is 0 Å². The first-order valence-corrected chi connectivity index (χ1v) is 6.84. The van der Waals surface area contributed by atoms with Crippen molar-refractivity contribution in [3.05, 3.63) is 73.7 Å². The summed E-state index contributed by atoms with van der Waals surface area (Å²) in [5.74, 6) is -1.01. The van der Waals surface area contributed by atoms with Crippen LogP contribution in [0.15, 0.2) is 40.9 Å². The molecule has 0 bridgehead atoms. The molecule has 0 spiro atoms. The van der Waals surface area contributed by atoms with Gasteiger partial charge in [0.05, 0.1) is 9.40 Å². The lowest BCUT2D eigenvalue weighted by molar-refractivity contribution is -0.385. The zero-order valence-corrected chi connectivity index (χ0v) is 12.4. The predicted octanol–water partition coefficient (Wildman–Crippen LogP) is 3.93. The van der Waals surface area contributed by atoms with E-state index in [2.05, 4.69) is 21.2 Å². The van der Waals surface area contributed by atoms with E-state index >= 15 is 0 Å². The maximum absolute atomic E-state index is 13.4. The van der Waals surface area contributed by atoms with Gasteiger partial charge in [-0.15, -0.1) is 0 Å². The van der Waals surface area contributed by atoms with Crippen molar-refractivity contribution in [3.8, 4) is 0 Å². The van der Waals surface area contributed by atoms with Crippen molar-refractivity contribution in [2.75, 3.05) is 0 Å². The molecule has 110 valence electrons. The molecule has 0 heterocycles. The molecule has 0 atom stereocenters. The van der Waals surface area contributed by atoms with Crippen molar-refractivity contribution >= 4 is 21.6 Å². The van der Waals surface area contributed by atoms with Crippen molar-refractivity contribution in [2.45, 2.75) is 13.1 Å². The molecule has 0 saturated heterocycles. The average molecular weight is 357 g/mol. The van der Waals surface area contributed by atoms with Crippen LogP contribution in [0.1, 0.15) is 11.1 Å². The SMILES string of the molecule is O=[N+]([O-])c1cccc(CNCc2cc(F)ccc2F)c1Br. The van der Waals surface area contributed by atoms with Crippen molar-refractivity contribution in [2.24, 2.45) is 0 Å². The Labute approximate surface area is 128 Å². The smallest absolute Gasteiger partial charge is 0.283 e. The number of nitrogens with one attached hydrogen (secondary N) is 1. The van der Waals surface area contributed by atoms with Crippen LogP contribution in [0.2, 0.25) is 0 Å². The van der Waals surface area contributed by atoms with E-state index < -0.39 is 16.6 Å². The fourth-order valence-corrected chi connectivity index (χ4v) is 2.40. The minimum Gasteiger partial charge on any atom is -0.308 e. The Bertz CT molecular complexity index is 680. The maximum Gasteiger partial charge on any atom is 0.283 e. The number of rotatable bonds is 5. The van der Waals surface area contributed by atoms with E-state index in [0.717, 1.165) is 18.2 Å². The molecule has 0 saturated carbocycles. The lowest BCUT2D eigenvalue weighted by atomic mass is 10.1. The first-order valence-electron chi connectivity index (χ1n) is 6.05. The fraction of sp³-hybridized carbons (Fsp3) is 0.143. The topological polar surface area (TPSA) is 55.2 Å². The Morgan fingerprint density at radius 3 is 2.57 bits per heavy atom. The Hall–Kier alpha value is -1.86. The van der Waals surface area contributed by atoms with Gasteiger partial charge in [-0.25, -0.2) is 8.78 Å². The average Bonchev–Trinajstić information content (AvgIpc) is 2.44. The van der Waals surface area contributed by atoms with E-state index in [9.17, 15) is 18.9 Å². The number of hydrogen-bond donors (Lipinski definition) is 1. The van der Waals surface area contributed by atoms with Gasteiger partial charge in [-0.05, 0) is 39.7 Å². The summed E-state index contributed by atoms with van der Waals surface area (Å²) in [7, 11) is 0. The Kier molecular flexibility index (Phi) is 4.98. The molecule has 0 unspecified atom stereocenters. The van der Waals surface area contributed by atoms with E-state index in [1.54, 1.807) is 12.1 Å². The summed E-state index contributed by atoms with van der Waals surface area (Å²) < 4.78 is 26.8. The summed E-state index contributed by atoms with van der Waals surface area (Å²) in [6, 6.07) is 7.91. The highest BCUT2D eigenvalue weighted by Crippen LogP contribution is 2.28. The maximum atomic E-state index is 13.4. The van der Waals surface area contributed by atoms with Crippen molar-refractivity contribution < 1.29 is 13.7 Å². The Morgan fingerprint density at radius 2 is 1.86 bits per heavy atom. The van der Waals surface area contributed by atoms with Gasteiger partial charge in [0.2, 0.25) is 0 Å². The number of benzene rings is 2. The molecule has 0 amide bonds. The van der Waals surface area contributed by atoms with E-state index in [-0.39, 0.29) is 24.3 Å². The predicted molar refractivity (Wildman–Crippen MR) is 77.7 cm³/mol. The van der Waals surface area contributed by atoms with Gasteiger partial charge in [-0.2, -0.15) is 0 Å². The molecule has 21 heavy (non-hydrogen) atoms. The molecule has 4 nitrogen and oxygen atoms in total. The normalized spacial score (nSPS) is 10.6. The summed E-state index contributed by atoms with van der Waals surface area (Å²) >= 11 is 3.18. The summed E-state index contributed by atoms with van der Waals surface area (Å²) in [5.41, 5.74) is 0.837. The van der Waals surface area contributed by atoms with Gasteiger partial charge in [-0.3, -0.25) is 10.1 Å². The zero-order chi connectivity index (χ0) is 15.4. The highest BCUT2D eigenvalue weighted by molar-refractivity contribution is 9.10. The van der Waals surface area contributed by atoms with Crippen LogP contribution >= 0.6 is 15.9 Å². The number of nitrogens with zero attached hydrogens (tertiary/aromatic N) is 1.